The van der Waals surface area contributed by atoms with Gasteiger partial charge in [0.05, 0.1) is 0 Å². The number of ether oxygens (including phenoxy) is 5. The van der Waals surface area contributed by atoms with Crippen molar-refractivity contribution in [2.45, 2.75) is 11.7 Å². The second-order valence-electron chi connectivity index (χ2n) is 6.01. The minimum Gasteiger partial charge on any atom is -0.512 e. The molecule has 0 atom stereocenters. The Morgan fingerprint density at radius 3 is 2.13 bits per heavy atom. The van der Waals surface area contributed by atoms with E-state index in [9.17, 15) is 23.1 Å². The summed E-state index contributed by atoms with van der Waals surface area (Å²) in [5, 5.41) is 7.18. The summed E-state index contributed by atoms with van der Waals surface area (Å²) >= 11 is 0. The zero-order valence-corrected chi connectivity index (χ0v) is 15.1. The molecule has 0 fully saturated rings. The highest BCUT2D eigenvalue weighted by atomic mass is 19.4. The van der Waals surface area contributed by atoms with Gasteiger partial charge in [-0.1, -0.05) is 0 Å². The zero-order chi connectivity index (χ0) is 22.1. The van der Waals surface area contributed by atoms with Crippen LogP contribution in [0, 0.1) is 0 Å². The third-order valence-corrected chi connectivity index (χ3v) is 3.53. The molecular formula is C17H10B3F3O7. The van der Waals surface area contributed by atoms with E-state index in [4.69, 9.17) is 42.5 Å². The van der Waals surface area contributed by atoms with Crippen molar-refractivity contribution >= 4 is 29.5 Å². The summed E-state index contributed by atoms with van der Waals surface area (Å²) < 4.78 is 62.6. The van der Waals surface area contributed by atoms with Gasteiger partial charge < -0.3 is 28.8 Å². The van der Waals surface area contributed by atoms with Crippen LogP contribution in [0.4, 0.5) is 13.2 Å². The predicted octanol–water partition coefficient (Wildman–Crippen LogP) is 2.34. The Labute approximate surface area is 172 Å². The van der Waals surface area contributed by atoms with Crippen LogP contribution >= 0.6 is 0 Å². The van der Waals surface area contributed by atoms with Crippen molar-refractivity contribution in [1.82, 2.24) is 0 Å². The maximum Gasteiger partial charge on any atom is 0.573 e. The lowest BCUT2D eigenvalue weighted by Gasteiger charge is -2.26. The molecule has 0 saturated heterocycles. The van der Waals surface area contributed by atoms with Crippen molar-refractivity contribution in [3.63, 3.8) is 0 Å². The summed E-state index contributed by atoms with van der Waals surface area (Å²) in [5.41, 5.74) is -0.305. The molecule has 150 valence electrons. The van der Waals surface area contributed by atoms with Crippen LogP contribution in [0.15, 0.2) is 30.3 Å². The van der Waals surface area contributed by atoms with Gasteiger partial charge in [-0.15, -0.1) is 13.2 Å². The summed E-state index contributed by atoms with van der Waals surface area (Å²) in [5.74, 6) is -2.50. The molecule has 30 heavy (non-hydrogen) atoms. The Morgan fingerprint density at radius 1 is 0.933 bits per heavy atom. The van der Waals surface area contributed by atoms with Crippen LogP contribution < -0.4 is 23.7 Å². The van der Waals surface area contributed by atoms with Crippen LogP contribution in [0.3, 0.4) is 0 Å². The van der Waals surface area contributed by atoms with Crippen LogP contribution in [0.25, 0.3) is 0 Å². The fourth-order valence-electron chi connectivity index (χ4n) is 2.48. The molecule has 0 amide bonds. The normalized spacial score (nSPS) is 13.4. The first-order chi connectivity index (χ1) is 13.9. The van der Waals surface area contributed by atoms with Crippen molar-refractivity contribution in [2.24, 2.45) is 0 Å². The molecular weight excluding hydrogens is 406 g/mol. The SMILES string of the molecule is [B]C([B])([B])Oc1cc(OC(F)(F)F)ccc1Oc1cc2c(cc1C(=O)O)OCCO2. The number of carboxylic acid groups (broad SMARTS) is 1. The van der Waals surface area contributed by atoms with Gasteiger partial charge in [-0.3, -0.25) is 0 Å². The van der Waals surface area contributed by atoms with E-state index in [1.54, 1.807) is 0 Å². The fraction of sp³-hybridized carbons (Fsp3) is 0.235. The molecule has 0 spiro atoms. The molecule has 1 aliphatic rings. The molecule has 6 radical (unpaired) electrons. The van der Waals surface area contributed by atoms with Crippen molar-refractivity contribution in [3.8, 4) is 34.5 Å². The first kappa shape index (κ1) is 21.6. The van der Waals surface area contributed by atoms with E-state index in [-0.39, 0.29) is 41.8 Å². The molecule has 0 bridgehead atoms. The van der Waals surface area contributed by atoms with E-state index < -0.39 is 29.1 Å². The number of hydrogen-bond acceptors (Lipinski definition) is 6. The van der Waals surface area contributed by atoms with Gasteiger partial charge in [0.25, 0.3) is 0 Å². The summed E-state index contributed by atoms with van der Waals surface area (Å²) in [4.78, 5) is 11.6. The first-order valence-electron chi connectivity index (χ1n) is 8.21. The minimum atomic E-state index is -4.98. The van der Waals surface area contributed by atoms with Crippen molar-refractivity contribution in [1.29, 1.82) is 0 Å². The van der Waals surface area contributed by atoms with Crippen LogP contribution in [-0.2, 0) is 0 Å². The van der Waals surface area contributed by atoms with E-state index in [0.717, 1.165) is 18.2 Å². The predicted molar refractivity (Wildman–Crippen MR) is 98.2 cm³/mol. The van der Waals surface area contributed by atoms with E-state index in [1.807, 2.05) is 0 Å². The molecule has 7 nitrogen and oxygen atoms in total. The second kappa shape index (κ2) is 7.96. The van der Waals surface area contributed by atoms with Crippen LogP contribution in [0.1, 0.15) is 10.4 Å². The lowest BCUT2D eigenvalue weighted by Crippen LogP contribution is -2.37. The summed E-state index contributed by atoms with van der Waals surface area (Å²) in [6.07, 6.45) is -4.98. The number of aromatic carboxylic acids is 1. The van der Waals surface area contributed by atoms with Gasteiger partial charge >= 0.3 is 12.3 Å². The number of fused-ring (bicyclic) bond motifs is 1. The Morgan fingerprint density at radius 2 is 1.57 bits per heavy atom. The Bertz CT molecular complexity index is 961. The fourth-order valence-corrected chi connectivity index (χ4v) is 2.48. The number of hydrogen-bond donors (Lipinski definition) is 1. The molecule has 1 N–H and O–H groups in total. The van der Waals surface area contributed by atoms with Gasteiger partial charge in [0.1, 0.15) is 53.8 Å². The third kappa shape index (κ3) is 5.49. The van der Waals surface area contributed by atoms with Gasteiger partial charge in [-0.25, -0.2) is 4.79 Å². The summed E-state index contributed by atoms with van der Waals surface area (Å²) in [6.45, 7) is 0.462. The summed E-state index contributed by atoms with van der Waals surface area (Å²) in [7, 11) is 16.1. The van der Waals surface area contributed by atoms with E-state index >= 15 is 0 Å². The molecule has 0 unspecified atom stereocenters. The largest absolute Gasteiger partial charge is 0.573 e. The lowest BCUT2D eigenvalue weighted by atomic mass is 9.52. The van der Waals surface area contributed by atoms with E-state index in [0.29, 0.717) is 0 Å². The van der Waals surface area contributed by atoms with Gasteiger partial charge in [-0.2, -0.15) is 0 Å². The molecule has 0 saturated carbocycles. The number of carbonyl (C=O) groups is 1. The Hall–Kier alpha value is -3.11. The van der Waals surface area contributed by atoms with Gasteiger partial charge in [-0.05, 0) is 17.4 Å². The monoisotopic (exact) mass is 416 g/mol. The van der Waals surface area contributed by atoms with E-state index in [1.165, 1.54) is 12.1 Å². The molecule has 1 heterocycles. The first-order valence-corrected chi connectivity index (χ1v) is 8.21. The van der Waals surface area contributed by atoms with Crippen molar-refractivity contribution in [3.05, 3.63) is 35.9 Å². The average Bonchev–Trinajstić information content (AvgIpc) is 2.60. The average molecular weight is 416 g/mol. The highest BCUT2D eigenvalue weighted by molar-refractivity contribution is 6.58. The Kier molecular flexibility index (Phi) is 5.73. The van der Waals surface area contributed by atoms with Crippen LogP contribution in [-0.4, -0.2) is 59.5 Å². The highest BCUT2D eigenvalue weighted by Crippen LogP contribution is 2.42. The topological polar surface area (TPSA) is 83.5 Å². The van der Waals surface area contributed by atoms with Crippen LogP contribution in [0.5, 0.6) is 34.5 Å². The third-order valence-electron chi connectivity index (χ3n) is 3.53. The van der Waals surface area contributed by atoms with Gasteiger partial charge in [0.2, 0.25) is 0 Å². The standard InChI is InChI=1S/C17H10B3F3O7/c18-16(19,20)30-14-5-8(29-17(21,22)23)1-2-10(14)28-11-7-13-12(26-3-4-27-13)6-9(11)15(24)25/h1-2,5-7H,3-4H2,(H,24,25). The molecule has 2 aromatic rings. The van der Waals surface area contributed by atoms with Crippen molar-refractivity contribution in [2.75, 3.05) is 13.2 Å². The molecule has 0 aliphatic carbocycles. The molecule has 3 rings (SSSR count). The summed E-state index contributed by atoms with van der Waals surface area (Å²) in [6, 6.07) is 5.17. The smallest absolute Gasteiger partial charge is 0.512 e. The van der Waals surface area contributed by atoms with Gasteiger partial charge in [0, 0.05) is 18.2 Å². The molecule has 2 aromatic carbocycles. The van der Waals surface area contributed by atoms with Crippen LogP contribution in [0.2, 0.25) is 0 Å². The quantitative estimate of drug-likeness (QED) is 0.725. The lowest BCUT2D eigenvalue weighted by molar-refractivity contribution is -0.274. The maximum atomic E-state index is 12.5. The van der Waals surface area contributed by atoms with E-state index in [2.05, 4.69) is 4.74 Å². The molecule has 1 aliphatic heterocycles. The number of benzene rings is 2. The Balaban J connectivity index is 2.01. The molecule has 0 aromatic heterocycles. The number of alkyl halides is 3. The number of carboxylic acids is 1. The molecule has 13 heteroatoms. The zero-order valence-electron chi connectivity index (χ0n) is 15.1. The second-order valence-corrected chi connectivity index (χ2v) is 6.01. The van der Waals surface area contributed by atoms with Crippen molar-refractivity contribution < 1.29 is 46.8 Å². The minimum absolute atomic E-state index is 0.196. The maximum absolute atomic E-state index is 12.5. The van der Waals surface area contributed by atoms with Gasteiger partial charge in [0.15, 0.2) is 23.0 Å². The number of rotatable bonds is 6. The highest BCUT2D eigenvalue weighted by Gasteiger charge is 2.32. The number of halogens is 3.